The van der Waals surface area contributed by atoms with Crippen LogP contribution in [0, 0.1) is 0 Å². The molecule has 0 fully saturated rings. The number of unbranched alkanes of at least 4 members (excludes halogenated alkanes) is 3. The molecule has 0 aromatic heterocycles. The van der Waals surface area contributed by atoms with Gasteiger partial charge in [0.25, 0.3) is 0 Å². The molecule has 102 valence electrons. The number of nitrogens with two attached hydrogens (primary N) is 1. The van der Waals surface area contributed by atoms with E-state index in [1.807, 2.05) is 0 Å². The van der Waals surface area contributed by atoms with Crippen LogP contribution in [0.2, 0.25) is 0 Å². The van der Waals surface area contributed by atoms with Gasteiger partial charge in [-0.25, -0.2) is 0 Å². The number of carboxylic acids is 1. The molecule has 0 aliphatic heterocycles. The topological polar surface area (TPSA) is 83.6 Å². The fourth-order valence-electron chi connectivity index (χ4n) is 1.36. The number of benzene rings is 1. The zero-order valence-corrected chi connectivity index (χ0v) is 10.9. The quantitative estimate of drug-likeness (QED) is 0.680. The summed E-state index contributed by atoms with van der Waals surface area (Å²) in [5.41, 5.74) is 5.96. The van der Waals surface area contributed by atoms with Gasteiger partial charge in [-0.3, -0.25) is 4.79 Å². The van der Waals surface area contributed by atoms with Crippen molar-refractivity contribution in [3.05, 3.63) is 29.8 Å². The summed E-state index contributed by atoms with van der Waals surface area (Å²) in [5.74, 6) is -0.713. The Balaban J connectivity index is 0.000000360. The smallest absolute Gasteiger partial charge is 0.307 e. The van der Waals surface area contributed by atoms with Crippen molar-refractivity contribution in [2.45, 2.75) is 39.0 Å². The van der Waals surface area contributed by atoms with E-state index in [1.165, 1.54) is 37.8 Å². The van der Waals surface area contributed by atoms with Crippen molar-refractivity contribution in [2.24, 2.45) is 5.73 Å². The van der Waals surface area contributed by atoms with Crippen molar-refractivity contribution in [1.82, 2.24) is 0 Å². The average Bonchev–Trinajstić information content (AvgIpc) is 2.33. The van der Waals surface area contributed by atoms with Gasteiger partial charge >= 0.3 is 5.97 Å². The van der Waals surface area contributed by atoms with E-state index in [0.717, 1.165) is 6.54 Å². The van der Waals surface area contributed by atoms with E-state index in [-0.39, 0.29) is 12.2 Å². The van der Waals surface area contributed by atoms with Crippen LogP contribution in [-0.2, 0) is 11.2 Å². The number of hydrogen-bond donors (Lipinski definition) is 3. The number of carbonyl (C=O) groups is 1. The zero-order chi connectivity index (χ0) is 13.8. The fraction of sp³-hybridized carbons (Fsp3) is 0.500. The third-order valence-corrected chi connectivity index (χ3v) is 2.35. The predicted molar refractivity (Wildman–Crippen MR) is 72.6 cm³/mol. The number of aliphatic carboxylic acids is 1. The normalized spacial score (nSPS) is 9.44. The fourth-order valence-corrected chi connectivity index (χ4v) is 1.36. The third kappa shape index (κ3) is 9.66. The number of carboxylic acid groups (broad SMARTS) is 1. The van der Waals surface area contributed by atoms with Crippen molar-refractivity contribution in [1.29, 1.82) is 0 Å². The van der Waals surface area contributed by atoms with Crippen molar-refractivity contribution < 1.29 is 15.0 Å². The Morgan fingerprint density at radius 1 is 1.17 bits per heavy atom. The van der Waals surface area contributed by atoms with Gasteiger partial charge in [-0.1, -0.05) is 38.3 Å². The van der Waals surface area contributed by atoms with Crippen LogP contribution in [0.1, 0.15) is 38.2 Å². The van der Waals surface area contributed by atoms with Crippen molar-refractivity contribution in [3.8, 4) is 5.75 Å². The second-order valence-electron chi connectivity index (χ2n) is 4.09. The molecule has 0 saturated heterocycles. The van der Waals surface area contributed by atoms with E-state index in [9.17, 15) is 4.79 Å². The lowest BCUT2D eigenvalue weighted by Gasteiger charge is -1.95. The summed E-state index contributed by atoms with van der Waals surface area (Å²) in [6, 6.07) is 6.11. The summed E-state index contributed by atoms with van der Waals surface area (Å²) >= 11 is 0. The van der Waals surface area contributed by atoms with E-state index in [0.29, 0.717) is 5.56 Å². The first-order chi connectivity index (χ1) is 8.60. The number of aromatic hydroxyl groups is 1. The average molecular weight is 253 g/mol. The van der Waals surface area contributed by atoms with Crippen LogP contribution >= 0.6 is 0 Å². The van der Waals surface area contributed by atoms with Gasteiger partial charge in [0.05, 0.1) is 6.42 Å². The van der Waals surface area contributed by atoms with Crippen LogP contribution < -0.4 is 5.73 Å². The van der Waals surface area contributed by atoms with Crippen molar-refractivity contribution >= 4 is 5.97 Å². The molecule has 4 nitrogen and oxygen atoms in total. The lowest BCUT2D eigenvalue weighted by Crippen LogP contribution is -1.98. The van der Waals surface area contributed by atoms with Crippen LogP contribution in [0.15, 0.2) is 24.3 Å². The number of phenols is 1. The Morgan fingerprint density at radius 2 is 1.78 bits per heavy atom. The van der Waals surface area contributed by atoms with Crippen LogP contribution in [0.3, 0.4) is 0 Å². The largest absolute Gasteiger partial charge is 0.508 e. The zero-order valence-electron chi connectivity index (χ0n) is 10.9. The van der Waals surface area contributed by atoms with Gasteiger partial charge in [-0.05, 0) is 30.7 Å². The number of hydrogen-bond acceptors (Lipinski definition) is 3. The Bertz CT molecular complexity index is 318. The summed E-state index contributed by atoms with van der Waals surface area (Å²) in [6.07, 6.45) is 5.16. The standard InChI is InChI=1S/C8H8O3.C6H15N/c9-7-3-1-6(2-4-7)5-8(10)11;1-2-3-4-5-6-7/h1-4,9H,5H2,(H,10,11);2-7H2,1H3. The minimum absolute atomic E-state index is 0.000278. The van der Waals surface area contributed by atoms with Crippen LogP contribution in [0.4, 0.5) is 0 Å². The summed E-state index contributed by atoms with van der Waals surface area (Å²) < 4.78 is 0. The second-order valence-corrected chi connectivity index (χ2v) is 4.09. The van der Waals surface area contributed by atoms with E-state index >= 15 is 0 Å². The minimum Gasteiger partial charge on any atom is -0.508 e. The highest BCUT2D eigenvalue weighted by molar-refractivity contribution is 5.70. The molecule has 0 aliphatic rings. The Labute approximate surface area is 108 Å². The molecule has 0 aliphatic carbocycles. The van der Waals surface area contributed by atoms with Gasteiger partial charge in [-0.15, -0.1) is 0 Å². The molecule has 0 saturated carbocycles. The Morgan fingerprint density at radius 3 is 2.22 bits per heavy atom. The first kappa shape index (κ1) is 16.4. The summed E-state index contributed by atoms with van der Waals surface area (Å²) in [5, 5.41) is 17.2. The molecular weight excluding hydrogens is 230 g/mol. The highest BCUT2D eigenvalue weighted by atomic mass is 16.4. The van der Waals surface area contributed by atoms with Gasteiger partial charge in [0.15, 0.2) is 0 Å². The monoisotopic (exact) mass is 253 g/mol. The molecule has 4 heteroatoms. The molecule has 0 unspecified atom stereocenters. The molecule has 1 aromatic rings. The molecule has 0 amide bonds. The van der Waals surface area contributed by atoms with Gasteiger partial charge in [0.2, 0.25) is 0 Å². The van der Waals surface area contributed by atoms with E-state index in [4.69, 9.17) is 15.9 Å². The maximum absolute atomic E-state index is 10.2. The number of phenolic OH excluding ortho intramolecular Hbond substituents is 1. The van der Waals surface area contributed by atoms with E-state index in [1.54, 1.807) is 12.1 Å². The molecule has 0 atom stereocenters. The highest BCUT2D eigenvalue weighted by Crippen LogP contribution is 2.09. The lowest BCUT2D eigenvalue weighted by molar-refractivity contribution is -0.136. The van der Waals surface area contributed by atoms with Gasteiger partial charge in [0, 0.05) is 0 Å². The molecule has 0 heterocycles. The SMILES string of the molecule is CCCCCCN.O=C(O)Cc1ccc(O)cc1. The van der Waals surface area contributed by atoms with Gasteiger partial charge in [-0.2, -0.15) is 0 Å². The number of rotatable bonds is 6. The van der Waals surface area contributed by atoms with Gasteiger partial charge < -0.3 is 15.9 Å². The van der Waals surface area contributed by atoms with Crippen molar-refractivity contribution in [2.75, 3.05) is 6.54 Å². The molecule has 0 bridgehead atoms. The van der Waals surface area contributed by atoms with E-state index < -0.39 is 5.97 Å². The molecule has 4 N–H and O–H groups in total. The maximum Gasteiger partial charge on any atom is 0.307 e. The molecule has 18 heavy (non-hydrogen) atoms. The molecule has 0 radical (unpaired) electrons. The van der Waals surface area contributed by atoms with E-state index in [2.05, 4.69) is 6.92 Å². The first-order valence-corrected chi connectivity index (χ1v) is 6.30. The third-order valence-electron chi connectivity index (χ3n) is 2.35. The highest BCUT2D eigenvalue weighted by Gasteiger charge is 1.98. The van der Waals surface area contributed by atoms with Crippen LogP contribution in [0.25, 0.3) is 0 Å². The van der Waals surface area contributed by atoms with Gasteiger partial charge in [0.1, 0.15) is 5.75 Å². The summed E-state index contributed by atoms with van der Waals surface area (Å²) in [7, 11) is 0. The van der Waals surface area contributed by atoms with Crippen LogP contribution in [-0.4, -0.2) is 22.7 Å². The Hall–Kier alpha value is -1.55. The molecular formula is C14H23NO3. The Kier molecular flexibility index (Phi) is 9.68. The first-order valence-electron chi connectivity index (χ1n) is 6.30. The molecule has 0 spiro atoms. The predicted octanol–water partition coefficient (Wildman–Crippen LogP) is 2.54. The summed E-state index contributed by atoms with van der Waals surface area (Å²) in [6.45, 7) is 3.07. The molecule has 1 rings (SSSR count). The summed E-state index contributed by atoms with van der Waals surface area (Å²) in [4.78, 5) is 10.2. The minimum atomic E-state index is -0.865. The maximum atomic E-state index is 10.2. The lowest BCUT2D eigenvalue weighted by atomic mass is 10.1. The van der Waals surface area contributed by atoms with Crippen LogP contribution in [0.5, 0.6) is 5.75 Å². The van der Waals surface area contributed by atoms with Crippen molar-refractivity contribution in [3.63, 3.8) is 0 Å². The second kappa shape index (κ2) is 10.6. The molecule has 1 aromatic carbocycles.